The van der Waals surface area contributed by atoms with Crippen LogP contribution >= 0.6 is 0 Å². The average molecular weight is 348 g/mol. The number of nitrogens with zero attached hydrogens (tertiary/aromatic N) is 6. The number of nitriles is 1. The summed E-state index contributed by atoms with van der Waals surface area (Å²) in [6.45, 7) is 2.12. The van der Waals surface area contributed by atoms with Crippen LogP contribution in [-0.2, 0) is 12.8 Å². The fourth-order valence-corrected chi connectivity index (χ4v) is 2.94. The summed E-state index contributed by atoms with van der Waals surface area (Å²) < 4.78 is 1.68. The van der Waals surface area contributed by atoms with Crippen LogP contribution in [0.4, 0.5) is 5.82 Å². The summed E-state index contributed by atoms with van der Waals surface area (Å²) in [6.07, 6.45) is 9.15. The van der Waals surface area contributed by atoms with Crippen LogP contribution in [0.2, 0.25) is 0 Å². The van der Waals surface area contributed by atoms with Crippen LogP contribution in [0.15, 0.2) is 31.0 Å². The number of hydrogen-bond donors (Lipinski definition) is 2. The summed E-state index contributed by atoms with van der Waals surface area (Å²) in [6, 6.07) is 5.50. The third kappa shape index (κ3) is 3.67. The predicted octanol–water partition coefficient (Wildman–Crippen LogP) is 2.41. The van der Waals surface area contributed by atoms with E-state index in [9.17, 15) is 5.26 Å². The third-order valence-corrected chi connectivity index (χ3v) is 4.13. The Bertz CT molecular complexity index is 940. The van der Waals surface area contributed by atoms with E-state index in [-0.39, 0.29) is 6.04 Å². The maximum absolute atomic E-state index is 9.25. The lowest BCUT2D eigenvalue weighted by atomic mass is 10.0. The van der Waals surface area contributed by atoms with Gasteiger partial charge in [-0.2, -0.15) is 10.4 Å². The summed E-state index contributed by atoms with van der Waals surface area (Å²) in [5.41, 5.74) is 3.31. The molecular formula is C18H20N8. The molecule has 0 aliphatic carbocycles. The zero-order valence-corrected chi connectivity index (χ0v) is 14.6. The monoisotopic (exact) mass is 348 g/mol. The minimum Gasteiger partial charge on any atom is -0.365 e. The second-order valence-corrected chi connectivity index (χ2v) is 5.94. The van der Waals surface area contributed by atoms with Crippen molar-refractivity contribution in [1.82, 2.24) is 24.6 Å². The highest BCUT2D eigenvalue weighted by molar-refractivity contribution is 5.58. The Hall–Kier alpha value is -3.34. The molecule has 3 aromatic heterocycles. The van der Waals surface area contributed by atoms with Crippen molar-refractivity contribution in [2.75, 3.05) is 5.32 Å². The first-order valence-corrected chi connectivity index (χ1v) is 8.53. The van der Waals surface area contributed by atoms with E-state index in [0.717, 1.165) is 29.7 Å². The number of anilines is 1. The highest BCUT2D eigenvalue weighted by Gasteiger charge is 2.17. The smallest absolute Gasteiger partial charge is 0.162 e. The predicted molar refractivity (Wildman–Crippen MR) is 98.2 cm³/mol. The van der Waals surface area contributed by atoms with Crippen molar-refractivity contribution < 1.29 is 0 Å². The summed E-state index contributed by atoms with van der Waals surface area (Å²) >= 11 is 0. The minimum absolute atomic E-state index is 0.0945. The molecule has 0 aromatic carbocycles. The van der Waals surface area contributed by atoms with Gasteiger partial charge in [0.2, 0.25) is 0 Å². The number of fused-ring (bicyclic) bond motifs is 1. The molecule has 3 aromatic rings. The fourth-order valence-electron chi connectivity index (χ4n) is 2.94. The van der Waals surface area contributed by atoms with Gasteiger partial charge < -0.3 is 10.7 Å². The van der Waals surface area contributed by atoms with E-state index in [2.05, 4.69) is 38.4 Å². The van der Waals surface area contributed by atoms with E-state index < -0.39 is 0 Å². The molecule has 0 fully saturated rings. The van der Waals surface area contributed by atoms with Gasteiger partial charge in [0.05, 0.1) is 11.3 Å². The van der Waals surface area contributed by atoms with Crippen LogP contribution in [-0.4, -0.2) is 36.8 Å². The molecular weight excluding hydrogens is 328 g/mol. The van der Waals surface area contributed by atoms with E-state index in [1.54, 1.807) is 29.2 Å². The molecule has 0 spiro atoms. The van der Waals surface area contributed by atoms with Crippen molar-refractivity contribution in [2.24, 2.45) is 0 Å². The molecule has 0 radical (unpaired) electrons. The summed E-state index contributed by atoms with van der Waals surface area (Å²) in [5, 5.41) is 24.2. The first-order valence-electron chi connectivity index (χ1n) is 8.53. The summed E-state index contributed by atoms with van der Waals surface area (Å²) in [5.74, 6) is 0.530. The normalized spacial score (nSPS) is 11.8. The molecule has 0 saturated heterocycles. The molecule has 2 N–H and O–H groups in total. The Morgan fingerprint density at radius 1 is 1.38 bits per heavy atom. The van der Waals surface area contributed by atoms with Gasteiger partial charge in [-0.25, -0.2) is 19.5 Å². The second-order valence-electron chi connectivity index (χ2n) is 5.94. The third-order valence-electron chi connectivity index (χ3n) is 4.13. The number of aryl methyl sites for hydroxylation is 1. The van der Waals surface area contributed by atoms with Crippen LogP contribution < -0.4 is 5.32 Å². The summed E-state index contributed by atoms with van der Waals surface area (Å²) in [4.78, 5) is 13.2. The van der Waals surface area contributed by atoms with Gasteiger partial charge in [0.25, 0.3) is 0 Å². The van der Waals surface area contributed by atoms with Gasteiger partial charge in [-0.1, -0.05) is 13.3 Å². The molecule has 0 saturated carbocycles. The fraction of sp³-hybridized carbons (Fsp3) is 0.333. The Balaban J connectivity index is 1.90. The molecule has 132 valence electrons. The number of aromatic nitrogens is 5. The number of rotatable bonds is 8. The van der Waals surface area contributed by atoms with Crippen LogP contribution in [0.25, 0.3) is 5.65 Å². The molecule has 1 atom stereocenters. The van der Waals surface area contributed by atoms with Crippen molar-refractivity contribution in [2.45, 2.75) is 38.6 Å². The molecule has 0 aliphatic heterocycles. The second kappa shape index (κ2) is 8.16. The Labute approximate surface area is 151 Å². The van der Waals surface area contributed by atoms with E-state index in [4.69, 9.17) is 5.41 Å². The van der Waals surface area contributed by atoms with Gasteiger partial charge >= 0.3 is 0 Å². The molecule has 0 amide bonds. The van der Waals surface area contributed by atoms with Crippen molar-refractivity contribution in [3.05, 3.63) is 47.8 Å². The Morgan fingerprint density at radius 3 is 3.04 bits per heavy atom. The molecule has 8 heteroatoms. The molecule has 0 bridgehead atoms. The molecule has 3 rings (SSSR count). The first-order chi connectivity index (χ1) is 12.8. The van der Waals surface area contributed by atoms with Crippen LogP contribution in [0.5, 0.6) is 0 Å². The lowest BCUT2D eigenvalue weighted by molar-refractivity contribution is 0.709. The minimum atomic E-state index is -0.0945. The SMILES string of the molecule is CCCc1c(CC(CC=N)Nc2ncccc2C#N)ncn2ncnc12. The van der Waals surface area contributed by atoms with Gasteiger partial charge in [-0.3, -0.25) is 0 Å². The quantitative estimate of drug-likeness (QED) is 0.604. The Kier molecular flexibility index (Phi) is 5.49. The lowest BCUT2D eigenvalue weighted by Gasteiger charge is -2.19. The molecule has 0 aliphatic rings. The standard InChI is InChI=1S/C18H20N8/c1-2-4-15-16(23-12-26-18(15)22-11-24-26)9-14(6-7-19)25-17-13(10-20)5-3-8-21-17/h3,5,7-8,11-12,14,19H,2,4,6,9H2,1H3,(H,21,25). The van der Waals surface area contributed by atoms with E-state index in [1.807, 2.05) is 0 Å². The highest BCUT2D eigenvalue weighted by atomic mass is 15.3. The van der Waals surface area contributed by atoms with Crippen molar-refractivity contribution >= 4 is 17.7 Å². The van der Waals surface area contributed by atoms with E-state index in [0.29, 0.717) is 24.2 Å². The van der Waals surface area contributed by atoms with Crippen LogP contribution in [0, 0.1) is 16.7 Å². The number of hydrogen-bond acceptors (Lipinski definition) is 7. The van der Waals surface area contributed by atoms with Gasteiger partial charge in [0.15, 0.2) is 5.65 Å². The highest BCUT2D eigenvalue weighted by Crippen LogP contribution is 2.19. The molecule has 8 nitrogen and oxygen atoms in total. The Morgan fingerprint density at radius 2 is 2.27 bits per heavy atom. The lowest BCUT2D eigenvalue weighted by Crippen LogP contribution is -2.25. The van der Waals surface area contributed by atoms with E-state index >= 15 is 0 Å². The topological polar surface area (TPSA) is 116 Å². The molecule has 3 heterocycles. The van der Waals surface area contributed by atoms with Crippen molar-refractivity contribution in [1.29, 1.82) is 10.7 Å². The van der Waals surface area contributed by atoms with Gasteiger partial charge in [0, 0.05) is 30.6 Å². The van der Waals surface area contributed by atoms with Gasteiger partial charge in [-0.05, 0) is 24.8 Å². The number of pyridine rings is 1. The largest absolute Gasteiger partial charge is 0.365 e. The first kappa shape index (κ1) is 17.5. The van der Waals surface area contributed by atoms with Crippen molar-refractivity contribution in [3.63, 3.8) is 0 Å². The molecule has 1 unspecified atom stereocenters. The maximum atomic E-state index is 9.25. The van der Waals surface area contributed by atoms with E-state index in [1.165, 1.54) is 12.5 Å². The van der Waals surface area contributed by atoms with Crippen LogP contribution in [0.1, 0.15) is 36.6 Å². The zero-order chi connectivity index (χ0) is 18.4. The van der Waals surface area contributed by atoms with Crippen LogP contribution in [0.3, 0.4) is 0 Å². The van der Waals surface area contributed by atoms with Gasteiger partial charge in [0.1, 0.15) is 24.5 Å². The maximum Gasteiger partial charge on any atom is 0.162 e. The zero-order valence-electron chi connectivity index (χ0n) is 14.6. The average Bonchev–Trinajstić information content (AvgIpc) is 3.13. The summed E-state index contributed by atoms with van der Waals surface area (Å²) in [7, 11) is 0. The van der Waals surface area contributed by atoms with Gasteiger partial charge in [-0.15, -0.1) is 0 Å². The number of nitrogens with one attached hydrogen (secondary N) is 2. The van der Waals surface area contributed by atoms with Crippen molar-refractivity contribution in [3.8, 4) is 6.07 Å². The molecule has 26 heavy (non-hydrogen) atoms.